The zero-order chi connectivity index (χ0) is 13.6. The highest BCUT2D eigenvalue weighted by molar-refractivity contribution is 5.87. The van der Waals surface area contributed by atoms with E-state index in [1.807, 2.05) is 11.8 Å². The summed E-state index contributed by atoms with van der Waals surface area (Å²) in [6.45, 7) is 7.14. The third-order valence-electron chi connectivity index (χ3n) is 3.21. The monoisotopic (exact) mass is 257 g/mol. The smallest absolute Gasteiger partial charge is 0.329 e. The molecule has 18 heavy (non-hydrogen) atoms. The molecule has 6 nitrogen and oxygen atoms in total. The third kappa shape index (κ3) is 4.27. The Kier molecular flexibility index (Phi) is 5.55. The van der Waals surface area contributed by atoms with Crippen molar-refractivity contribution in [1.82, 2.24) is 15.5 Å². The molecule has 1 heterocycles. The number of carbonyl (C=O) groups excluding carboxylic acids is 1. The fourth-order valence-electron chi connectivity index (χ4n) is 2.14. The Bertz CT molecular complexity index is 303. The number of rotatable bonds is 6. The number of hydrogen-bond acceptors (Lipinski definition) is 4. The molecule has 0 aliphatic carbocycles. The largest absolute Gasteiger partial charge is 0.480 e. The first-order chi connectivity index (χ1) is 8.48. The normalized spacial score (nSPS) is 20.1. The molecule has 0 saturated carbocycles. The van der Waals surface area contributed by atoms with Crippen LogP contribution in [0.2, 0.25) is 0 Å². The Morgan fingerprint density at radius 2 is 2.00 bits per heavy atom. The molecule has 1 fully saturated rings. The van der Waals surface area contributed by atoms with E-state index in [-0.39, 0.29) is 12.5 Å². The van der Waals surface area contributed by atoms with Crippen molar-refractivity contribution in [2.24, 2.45) is 0 Å². The SMILES string of the molecule is CCCC(C)(NC(=O)CN1CCNCC1)C(=O)O. The molecule has 0 spiro atoms. The topological polar surface area (TPSA) is 81.7 Å². The minimum absolute atomic E-state index is 0.213. The van der Waals surface area contributed by atoms with E-state index >= 15 is 0 Å². The number of carboxylic acids is 1. The summed E-state index contributed by atoms with van der Waals surface area (Å²) in [7, 11) is 0. The molecule has 0 aromatic rings. The molecular weight excluding hydrogens is 234 g/mol. The highest BCUT2D eigenvalue weighted by atomic mass is 16.4. The maximum atomic E-state index is 11.9. The van der Waals surface area contributed by atoms with Gasteiger partial charge in [0, 0.05) is 26.2 Å². The first-order valence-corrected chi connectivity index (χ1v) is 6.45. The number of aliphatic carboxylic acids is 1. The Hall–Kier alpha value is -1.14. The van der Waals surface area contributed by atoms with Gasteiger partial charge in [0.05, 0.1) is 6.54 Å². The number of carboxylic acid groups (broad SMARTS) is 1. The first-order valence-electron chi connectivity index (χ1n) is 6.45. The minimum Gasteiger partial charge on any atom is -0.480 e. The molecule has 1 atom stereocenters. The molecule has 0 radical (unpaired) electrons. The summed E-state index contributed by atoms with van der Waals surface area (Å²) in [5.74, 6) is -1.19. The van der Waals surface area contributed by atoms with Crippen molar-refractivity contribution in [3.63, 3.8) is 0 Å². The van der Waals surface area contributed by atoms with Crippen molar-refractivity contribution in [1.29, 1.82) is 0 Å². The average molecular weight is 257 g/mol. The van der Waals surface area contributed by atoms with Crippen molar-refractivity contribution in [3.8, 4) is 0 Å². The molecule has 6 heteroatoms. The van der Waals surface area contributed by atoms with Gasteiger partial charge in [0.2, 0.25) is 5.91 Å². The lowest BCUT2D eigenvalue weighted by Crippen LogP contribution is -2.55. The molecule has 0 aromatic heterocycles. The van der Waals surface area contributed by atoms with Crippen molar-refractivity contribution in [3.05, 3.63) is 0 Å². The molecule has 1 aliphatic heterocycles. The molecule has 0 bridgehead atoms. The molecule has 104 valence electrons. The van der Waals surface area contributed by atoms with Crippen LogP contribution in [0.1, 0.15) is 26.7 Å². The highest BCUT2D eigenvalue weighted by Gasteiger charge is 2.34. The summed E-state index contributed by atoms with van der Waals surface area (Å²) in [4.78, 5) is 25.1. The van der Waals surface area contributed by atoms with Crippen LogP contribution in [-0.4, -0.2) is 60.1 Å². The van der Waals surface area contributed by atoms with Gasteiger partial charge < -0.3 is 15.7 Å². The van der Waals surface area contributed by atoms with Crippen LogP contribution in [0, 0.1) is 0 Å². The van der Waals surface area contributed by atoms with Gasteiger partial charge in [0.25, 0.3) is 0 Å². The van der Waals surface area contributed by atoms with Crippen LogP contribution in [0.15, 0.2) is 0 Å². The molecule has 1 aliphatic rings. The first kappa shape index (κ1) is 14.9. The quantitative estimate of drug-likeness (QED) is 0.606. The molecule has 1 rings (SSSR count). The van der Waals surface area contributed by atoms with Gasteiger partial charge in [-0.25, -0.2) is 4.79 Å². The number of hydrogen-bond donors (Lipinski definition) is 3. The van der Waals surface area contributed by atoms with Crippen LogP contribution in [0.3, 0.4) is 0 Å². The zero-order valence-electron chi connectivity index (χ0n) is 11.2. The van der Waals surface area contributed by atoms with Gasteiger partial charge in [-0.05, 0) is 13.3 Å². The number of carbonyl (C=O) groups is 2. The predicted octanol–water partition coefficient (Wildman–Crippen LogP) is -0.349. The molecular formula is C12H23N3O3. The van der Waals surface area contributed by atoms with E-state index in [9.17, 15) is 14.7 Å². The van der Waals surface area contributed by atoms with Gasteiger partial charge in [0.15, 0.2) is 0 Å². The summed E-state index contributed by atoms with van der Waals surface area (Å²) in [5, 5.41) is 15.0. The summed E-state index contributed by atoms with van der Waals surface area (Å²) < 4.78 is 0. The van der Waals surface area contributed by atoms with Crippen molar-refractivity contribution < 1.29 is 14.7 Å². The maximum Gasteiger partial charge on any atom is 0.329 e. The van der Waals surface area contributed by atoms with Crippen molar-refractivity contribution >= 4 is 11.9 Å². The summed E-state index contributed by atoms with van der Waals surface area (Å²) in [6, 6.07) is 0. The van der Waals surface area contributed by atoms with Crippen molar-refractivity contribution in [2.45, 2.75) is 32.2 Å². The summed E-state index contributed by atoms with van der Waals surface area (Å²) in [5.41, 5.74) is -1.15. The van der Waals surface area contributed by atoms with E-state index in [2.05, 4.69) is 10.6 Å². The van der Waals surface area contributed by atoms with Gasteiger partial charge in [-0.2, -0.15) is 0 Å². The van der Waals surface area contributed by atoms with Crippen LogP contribution in [0.5, 0.6) is 0 Å². The van der Waals surface area contributed by atoms with Crippen LogP contribution >= 0.6 is 0 Å². The lowest BCUT2D eigenvalue weighted by Gasteiger charge is -2.30. The third-order valence-corrected chi connectivity index (χ3v) is 3.21. The standard InChI is InChI=1S/C12H23N3O3/c1-3-4-12(2,11(17)18)14-10(16)9-15-7-5-13-6-8-15/h13H,3-9H2,1-2H3,(H,14,16)(H,17,18). The second kappa shape index (κ2) is 6.70. The molecule has 1 amide bonds. The van der Waals surface area contributed by atoms with E-state index in [1.54, 1.807) is 6.92 Å². The molecule has 3 N–H and O–H groups in total. The summed E-state index contributed by atoms with van der Waals surface area (Å²) >= 11 is 0. The van der Waals surface area contributed by atoms with Gasteiger partial charge in [-0.15, -0.1) is 0 Å². The fourth-order valence-corrected chi connectivity index (χ4v) is 2.14. The zero-order valence-corrected chi connectivity index (χ0v) is 11.2. The second-order valence-corrected chi connectivity index (χ2v) is 4.96. The van der Waals surface area contributed by atoms with Crippen LogP contribution in [0.4, 0.5) is 0 Å². The lowest BCUT2D eigenvalue weighted by atomic mass is 9.96. The maximum absolute atomic E-state index is 11.9. The van der Waals surface area contributed by atoms with E-state index in [0.717, 1.165) is 32.6 Å². The highest BCUT2D eigenvalue weighted by Crippen LogP contribution is 2.12. The average Bonchev–Trinajstić information content (AvgIpc) is 2.30. The predicted molar refractivity (Wildman–Crippen MR) is 68.4 cm³/mol. The summed E-state index contributed by atoms with van der Waals surface area (Å²) in [6.07, 6.45) is 1.16. The number of amides is 1. The Balaban J connectivity index is 2.48. The van der Waals surface area contributed by atoms with E-state index < -0.39 is 11.5 Å². The van der Waals surface area contributed by atoms with Gasteiger partial charge >= 0.3 is 5.97 Å². The molecule has 1 unspecified atom stereocenters. The van der Waals surface area contributed by atoms with Crippen LogP contribution in [-0.2, 0) is 9.59 Å². The molecule has 1 saturated heterocycles. The second-order valence-electron chi connectivity index (χ2n) is 4.96. The van der Waals surface area contributed by atoms with Crippen LogP contribution in [0.25, 0.3) is 0 Å². The van der Waals surface area contributed by atoms with E-state index in [4.69, 9.17) is 0 Å². The van der Waals surface area contributed by atoms with E-state index in [0.29, 0.717) is 6.42 Å². The minimum atomic E-state index is -1.15. The Morgan fingerprint density at radius 3 is 2.50 bits per heavy atom. The van der Waals surface area contributed by atoms with Crippen molar-refractivity contribution in [2.75, 3.05) is 32.7 Å². The number of nitrogens with zero attached hydrogens (tertiary/aromatic N) is 1. The van der Waals surface area contributed by atoms with Crippen LogP contribution < -0.4 is 10.6 Å². The van der Waals surface area contributed by atoms with Gasteiger partial charge in [0.1, 0.15) is 5.54 Å². The Labute approximate surface area is 108 Å². The number of nitrogens with one attached hydrogen (secondary N) is 2. The van der Waals surface area contributed by atoms with E-state index in [1.165, 1.54) is 0 Å². The lowest BCUT2D eigenvalue weighted by molar-refractivity contribution is -0.147. The van der Waals surface area contributed by atoms with Gasteiger partial charge in [-0.3, -0.25) is 9.69 Å². The fraction of sp³-hybridized carbons (Fsp3) is 0.833. The Morgan fingerprint density at radius 1 is 1.39 bits per heavy atom. The number of piperazine rings is 1. The van der Waals surface area contributed by atoms with Gasteiger partial charge in [-0.1, -0.05) is 13.3 Å². The molecule has 0 aromatic carbocycles.